The summed E-state index contributed by atoms with van der Waals surface area (Å²) in [6, 6.07) is 0. The molecule has 8 heteroatoms. The molecule has 1 aliphatic rings. The van der Waals surface area contributed by atoms with Crippen LogP contribution in [-0.4, -0.2) is 59.1 Å². The number of rotatable bonds is 4. The van der Waals surface area contributed by atoms with Crippen LogP contribution in [0.5, 0.6) is 0 Å². The van der Waals surface area contributed by atoms with E-state index in [0.29, 0.717) is 26.3 Å². The number of hydrogen-bond donors (Lipinski definition) is 0. The Kier molecular flexibility index (Phi) is 4.83. The molecule has 0 aromatic heterocycles. The van der Waals surface area contributed by atoms with Crippen LogP contribution in [0.2, 0.25) is 39.3 Å². The Morgan fingerprint density at radius 1 is 0.944 bits per heavy atom. The third-order valence-electron chi connectivity index (χ3n) is 2.75. The van der Waals surface area contributed by atoms with Crippen molar-refractivity contribution >= 4 is 26.7 Å². The topological polar surface area (TPSA) is 49.9 Å². The average Bonchev–Trinajstić information content (AvgIpc) is 2.13. The minimum absolute atomic E-state index is 0.480. The number of nitrogens with zero attached hydrogens (tertiary/aromatic N) is 2. The smallest absolute Gasteiger partial charge is 0.270 e. The first kappa shape index (κ1) is 16.3. The summed E-state index contributed by atoms with van der Waals surface area (Å²) >= 11 is 0. The molecule has 18 heavy (non-hydrogen) atoms. The van der Waals surface area contributed by atoms with Gasteiger partial charge in [0.05, 0.1) is 13.2 Å². The van der Waals surface area contributed by atoms with E-state index >= 15 is 0 Å². The molecule has 0 bridgehead atoms. The number of ether oxygens (including phenoxy) is 1. The molecule has 0 unspecified atom stereocenters. The highest BCUT2D eigenvalue weighted by Crippen LogP contribution is 2.26. The van der Waals surface area contributed by atoms with Gasteiger partial charge in [-0.3, -0.25) is 0 Å². The fourth-order valence-electron chi connectivity index (χ4n) is 2.59. The maximum absolute atomic E-state index is 12.8. The van der Waals surface area contributed by atoms with Crippen LogP contribution >= 0.6 is 0 Å². The lowest BCUT2D eigenvalue weighted by molar-refractivity contribution is 0.0719. The van der Waals surface area contributed by atoms with Crippen molar-refractivity contribution in [1.82, 2.24) is 7.94 Å². The average molecular weight is 311 g/mol. The quantitative estimate of drug-likeness (QED) is 0.740. The Labute approximate surface area is 113 Å². The van der Waals surface area contributed by atoms with Gasteiger partial charge in [0.25, 0.3) is 10.2 Å². The number of hydrogen-bond acceptors (Lipinski definition) is 3. The Morgan fingerprint density at radius 3 is 1.67 bits per heavy atom. The maximum atomic E-state index is 12.8. The van der Waals surface area contributed by atoms with E-state index in [4.69, 9.17) is 4.74 Å². The zero-order chi connectivity index (χ0) is 14.2. The summed E-state index contributed by atoms with van der Waals surface area (Å²) in [6.07, 6.45) is 0. The first-order chi connectivity index (χ1) is 7.97. The van der Waals surface area contributed by atoms with Gasteiger partial charge in [-0.15, -0.1) is 0 Å². The predicted molar refractivity (Wildman–Crippen MR) is 79.8 cm³/mol. The normalized spacial score (nSPS) is 20.4. The summed E-state index contributed by atoms with van der Waals surface area (Å²) in [4.78, 5) is 0. The summed E-state index contributed by atoms with van der Waals surface area (Å²) in [7, 11) is -7.16. The van der Waals surface area contributed by atoms with E-state index in [2.05, 4.69) is 39.3 Å². The standard InChI is InChI=1S/C10H26N2O3SSi2/c1-17(2,3)12(18(4,5)6)16(13,14)11-7-9-15-10-8-11/h7-10H2,1-6H3. The van der Waals surface area contributed by atoms with E-state index in [1.807, 2.05) is 3.64 Å². The Bertz CT molecular complexity index is 367. The van der Waals surface area contributed by atoms with Crippen LogP contribution in [0.25, 0.3) is 0 Å². The minimum Gasteiger partial charge on any atom is -0.379 e. The molecule has 0 N–H and O–H groups in total. The van der Waals surface area contributed by atoms with Crippen LogP contribution in [0.4, 0.5) is 0 Å². The highest BCUT2D eigenvalue weighted by molar-refractivity contribution is 7.89. The maximum Gasteiger partial charge on any atom is 0.270 e. The van der Waals surface area contributed by atoms with Gasteiger partial charge in [0.15, 0.2) is 0 Å². The minimum atomic E-state index is -3.33. The molecule has 1 saturated heterocycles. The molecule has 0 amide bonds. The van der Waals surface area contributed by atoms with Gasteiger partial charge < -0.3 is 4.74 Å². The van der Waals surface area contributed by atoms with Crippen molar-refractivity contribution in [2.75, 3.05) is 26.3 Å². The van der Waals surface area contributed by atoms with E-state index in [1.54, 1.807) is 4.31 Å². The second-order valence-electron chi connectivity index (χ2n) is 6.63. The van der Waals surface area contributed by atoms with E-state index < -0.39 is 26.7 Å². The van der Waals surface area contributed by atoms with Gasteiger partial charge >= 0.3 is 0 Å². The van der Waals surface area contributed by atoms with Gasteiger partial charge in [0.2, 0.25) is 0 Å². The fraction of sp³-hybridized carbons (Fsp3) is 1.00. The molecule has 0 aromatic rings. The fourth-order valence-corrected chi connectivity index (χ4v) is 17.7. The van der Waals surface area contributed by atoms with Gasteiger partial charge in [0.1, 0.15) is 16.5 Å². The van der Waals surface area contributed by atoms with Crippen LogP contribution < -0.4 is 0 Å². The van der Waals surface area contributed by atoms with Crippen LogP contribution in [0.3, 0.4) is 0 Å². The molecule has 0 aromatic carbocycles. The molecule has 0 aliphatic carbocycles. The molecule has 0 atom stereocenters. The molecular formula is C10H26N2O3SSi2. The van der Waals surface area contributed by atoms with Crippen LogP contribution in [0.1, 0.15) is 0 Å². The molecular weight excluding hydrogens is 284 g/mol. The summed E-state index contributed by atoms with van der Waals surface area (Å²) in [5, 5.41) is 0. The molecule has 0 spiro atoms. The van der Waals surface area contributed by atoms with Crippen molar-refractivity contribution in [2.24, 2.45) is 0 Å². The molecule has 0 radical (unpaired) electrons. The van der Waals surface area contributed by atoms with Crippen LogP contribution in [0.15, 0.2) is 0 Å². The van der Waals surface area contributed by atoms with Crippen LogP contribution in [0, 0.1) is 0 Å². The second-order valence-corrected chi connectivity index (χ2v) is 19.1. The lowest BCUT2D eigenvalue weighted by Gasteiger charge is -2.45. The summed E-state index contributed by atoms with van der Waals surface area (Å²) < 4.78 is 34.4. The molecule has 5 nitrogen and oxygen atoms in total. The zero-order valence-corrected chi connectivity index (χ0v) is 15.2. The monoisotopic (exact) mass is 310 g/mol. The van der Waals surface area contributed by atoms with E-state index in [1.165, 1.54) is 0 Å². The van der Waals surface area contributed by atoms with Gasteiger partial charge in [-0.05, 0) is 0 Å². The lowest BCUT2D eigenvalue weighted by atomic mass is 10.5. The molecule has 108 valence electrons. The van der Waals surface area contributed by atoms with Gasteiger partial charge in [-0.1, -0.05) is 39.3 Å². The van der Waals surface area contributed by atoms with Crippen molar-refractivity contribution in [3.8, 4) is 0 Å². The summed E-state index contributed by atoms with van der Waals surface area (Å²) in [5.41, 5.74) is 0. The Hall–Kier alpha value is 0.264. The molecule has 1 aliphatic heterocycles. The third kappa shape index (κ3) is 3.64. The second kappa shape index (κ2) is 5.33. The molecule has 1 heterocycles. The van der Waals surface area contributed by atoms with Gasteiger partial charge in [-0.2, -0.15) is 12.7 Å². The van der Waals surface area contributed by atoms with Crippen molar-refractivity contribution in [3.05, 3.63) is 0 Å². The highest BCUT2D eigenvalue weighted by atomic mass is 32.2. The number of morpholine rings is 1. The van der Waals surface area contributed by atoms with Crippen molar-refractivity contribution in [3.63, 3.8) is 0 Å². The van der Waals surface area contributed by atoms with E-state index in [9.17, 15) is 8.42 Å². The Morgan fingerprint density at radius 2 is 1.33 bits per heavy atom. The van der Waals surface area contributed by atoms with Crippen LogP contribution in [-0.2, 0) is 14.9 Å². The largest absolute Gasteiger partial charge is 0.379 e. The van der Waals surface area contributed by atoms with E-state index in [0.717, 1.165) is 0 Å². The zero-order valence-electron chi connectivity index (χ0n) is 12.4. The molecule has 0 saturated carbocycles. The van der Waals surface area contributed by atoms with Crippen molar-refractivity contribution < 1.29 is 13.2 Å². The molecule has 1 fully saturated rings. The summed E-state index contributed by atoms with van der Waals surface area (Å²) in [5.74, 6) is 0. The van der Waals surface area contributed by atoms with Gasteiger partial charge in [0, 0.05) is 13.1 Å². The molecule has 1 rings (SSSR count). The van der Waals surface area contributed by atoms with Crippen molar-refractivity contribution in [1.29, 1.82) is 0 Å². The lowest BCUT2D eigenvalue weighted by Crippen LogP contribution is -2.65. The van der Waals surface area contributed by atoms with Gasteiger partial charge in [-0.25, -0.2) is 3.64 Å². The summed E-state index contributed by atoms with van der Waals surface area (Å²) in [6.45, 7) is 14.6. The van der Waals surface area contributed by atoms with Crippen molar-refractivity contribution in [2.45, 2.75) is 39.3 Å². The third-order valence-corrected chi connectivity index (χ3v) is 15.4. The highest BCUT2D eigenvalue weighted by Gasteiger charge is 2.45. The first-order valence-corrected chi connectivity index (χ1v) is 14.6. The van der Waals surface area contributed by atoms with E-state index in [-0.39, 0.29) is 0 Å². The SMILES string of the molecule is C[Si](C)(C)N([Si](C)(C)C)S(=O)(=O)N1CCOCC1. The predicted octanol–water partition coefficient (Wildman–Crippen LogP) is 1.54. The Balaban J connectivity index is 3.12. The first-order valence-electron chi connectivity index (χ1n) is 6.36.